The molecule has 1 heterocycles. The van der Waals surface area contributed by atoms with E-state index in [1.54, 1.807) is 0 Å². The van der Waals surface area contributed by atoms with Crippen molar-refractivity contribution in [3.05, 3.63) is 0 Å². The molecule has 0 aromatic rings. The molecule has 0 aromatic heterocycles. The van der Waals surface area contributed by atoms with Crippen molar-refractivity contribution in [3.8, 4) is 0 Å². The molecule has 72 valence electrons. The van der Waals surface area contributed by atoms with Gasteiger partial charge in [0.25, 0.3) is 0 Å². The lowest BCUT2D eigenvalue weighted by Gasteiger charge is -2.25. The van der Waals surface area contributed by atoms with Crippen LogP contribution in [-0.4, -0.2) is 31.4 Å². The molecule has 1 aliphatic heterocycles. The summed E-state index contributed by atoms with van der Waals surface area (Å²) < 4.78 is 5.06. The number of rotatable bonds is 2. The highest BCUT2D eigenvalue weighted by atomic mass is 16.5. The Labute approximate surface area is 74.3 Å². The average molecular weight is 186 g/mol. The van der Waals surface area contributed by atoms with Gasteiger partial charge in [-0.25, -0.2) is 0 Å². The van der Waals surface area contributed by atoms with E-state index in [9.17, 15) is 9.90 Å². The second-order valence-corrected chi connectivity index (χ2v) is 2.77. The van der Waals surface area contributed by atoms with E-state index < -0.39 is 6.09 Å². The molecular formula is C6H10N4O3. The van der Waals surface area contributed by atoms with Crippen LogP contribution in [0.5, 0.6) is 0 Å². The van der Waals surface area contributed by atoms with Crippen molar-refractivity contribution in [2.24, 2.45) is 5.11 Å². The quantitative estimate of drug-likeness (QED) is 0.409. The molecule has 0 saturated carbocycles. The first-order valence-electron chi connectivity index (χ1n) is 3.84. The summed E-state index contributed by atoms with van der Waals surface area (Å²) in [6.45, 7) is 0.700. The molecular weight excluding hydrogens is 176 g/mol. The number of nitrogens with zero attached hydrogens (tertiary/aromatic N) is 2. The van der Waals surface area contributed by atoms with E-state index in [2.05, 4.69) is 15.3 Å². The summed E-state index contributed by atoms with van der Waals surface area (Å²) in [5.41, 5.74) is 6.50. The van der Waals surface area contributed by atoms with Gasteiger partial charge in [0.15, 0.2) is 6.04 Å². The molecule has 13 heavy (non-hydrogen) atoms. The molecule has 7 nitrogen and oxygen atoms in total. The number of hydrogen-bond donors (Lipinski definition) is 2. The maximum atomic E-state index is 10.2. The summed E-state index contributed by atoms with van der Waals surface area (Å²) >= 11 is 0. The van der Waals surface area contributed by atoms with Gasteiger partial charge in [0.1, 0.15) is 16.7 Å². The Morgan fingerprint density at radius 2 is 2.46 bits per heavy atom. The van der Waals surface area contributed by atoms with E-state index in [0.717, 1.165) is 0 Å². The molecule has 1 amide bonds. The van der Waals surface area contributed by atoms with E-state index in [1.807, 2.05) is 0 Å². The second kappa shape index (κ2) is 4.54. The molecule has 1 fully saturated rings. The molecule has 1 rings (SSSR count). The van der Waals surface area contributed by atoms with Gasteiger partial charge in [-0.15, -0.1) is 0 Å². The third kappa shape index (κ3) is 3.18. The average Bonchev–Trinajstić information content (AvgIpc) is 2.04. The fourth-order valence-corrected chi connectivity index (χ4v) is 1.24. The van der Waals surface area contributed by atoms with E-state index in [1.165, 1.54) is 0 Å². The van der Waals surface area contributed by atoms with Gasteiger partial charge in [0.05, 0.1) is 19.3 Å². The monoisotopic (exact) mass is 186 g/mol. The summed E-state index contributed by atoms with van der Waals surface area (Å²) in [7, 11) is 0. The van der Waals surface area contributed by atoms with Gasteiger partial charge in [0, 0.05) is 6.42 Å². The molecule has 0 radical (unpaired) electrons. The number of hydrogen-bond acceptors (Lipinski definition) is 5. The molecule has 0 aromatic carbocycles. The van der Waals surface area contributed by atoms with Crippen molar-refractivity contribution in [1.29, 1.82) is 5.53 Å². The molecule has 2 atom stereocenters. The zero-order chi connectivity index (χ0) is 9.68. The maximum absolute atomic E-state index is 10.2. The molecule has 1 aliphatic rings. The maximum Gasteiger partial charge on any atom is 0.214 e. The lowest BCUT2D eigenvalue weighted by molar-refractivity contribution is -0.252. The Morgan fingerprint density at radius 3 is 3.08 bits per heavy atom. The fourth-order valence-electron chi connectivity index (χ4n) is 1.24. The topological polar surface area (TPSA) is 112 Å². The number of amides is 1. The highest BCUT2D eigenvalue weighted by Crippen LogP contribution is 2.09. The summed E-state index contributed by atoms with van der Waals surface area (Å²) in [4.78, 5) is 13.0. The number of ether oxygens (including phenoxy) is 1. The van der Waals surface area contributed by atoms with Crippen LogP contribution in [0.25, 0.3) is 0 Å². The zero-order valence-electron chi connectivity index (χ0n) is 6.90. The first-order valence-corrected chi connectivity index (χ1v) is 3.84. The van der Waals surface area contributed by atoms with Gasteiger partial charge < -0.3 is 20.0 Å². The van der Waals surface area contributed by atoms with Crippen molar-refractivity contribution in [3.63, 3.8) is 0 Å². The molecule has 2 unspecified atom stereocenters. The molecule has 0 aliphatic carbocycles. The second-order valence-electron chi connectivity index (χ2n) is 2.77. The van der Waals surface area contributed by atoms with E-state index in [0.29, 0.717) is 19.6 Å². The fraction of sp³-hybridized carbons (Fsp3) is 0.833. The highest BCUT2D eigenvalue weighted by molar-refractivity contribution is 5.62. The minimum absolute atomic E-state index is 0.233. The Morgan fingerprint density at radius 1 is 1.69 bits per heavy atom. The minimum atomic E-state index is -1.32. The summed E-state index contributed by atoms with van der Waals surface area (Å²) in [5.74, 6) is 0. The van der Waals surface area contributed by atoms with E-state index >= 15 is 0 Å². The number of carboxylic acid groups (broad SMARTS) is 1. The van der Waals surface area contributed by atoms with Crippen LogP contribution in [0, 0.1) is 5.53 Å². The van der Waals surface area contributed by atoms with Gasteiger partial charge in [-0.05, 0) is 0 Å². The van der Waals surface area contributed by atoms with Crippen molar-refractivity contribution in [2.45, 2.75) is 18.5 Å². The zero-order valence-corrected chi connectivity index (χ0v) is 6.90. The van der Waals surface area contributed by atoms with Crippen LogP contribution in [0.4, 0.5) is 4.79 Å². The van der Waals surface area contributed by atoms with Crippen LogP contribution in [0.15, 0.2) is 5.11 Å². The minimum Gasteiger partial charge on any atom is -0.530 e. The largest absolute Gasteiger partial charge is 0.530 e. The Hall–Kier alpha value is -1.46. The van der Waals surface area contributed by atoms with Gasteiger partial charge in [0.2, 0.25) is 4.91 Å². The van der Waals surface area contributed by atoms with Crippen LogP contribution < -0.4 is 15.3 Å². The van der Waals surface area contributed by atoms with Gasteiger partial charge in [-0.2, -0.15) is 0 Å². The Kier molecular flexibility index (Phi) is 3.36. The van der Waals surface area contributed by atoms with Crippen molar-refractivity contribution >= 4 is 6.09 Å². The Balaban J connectivity index is 2.41. The van der Waals surface area contributed by atoms with Crippen LogP contribution in [-0.2, 0) is 4.74 Å². The van der Waals surface area contributed by atoms with Crippen LogP contribution in [0.3, 0.4) is 0 Å². The molecule has 0 spiro atoms. The predicted octanol–water partition coefficient (Wildman–Crippen LogP) is -1.37. The third-order valence-corrected chi connectivity index (χ3v) is 1.73. The Bertz CT molecular complexity index is 238. The van der Waals surface area contributed by atoms with E-state index in [-0.39, 0.29) is 12.1 Å². The summed E-state index contributed by atoms with van der Waals surface area (Å²) in [6, 6.07) is -0.544. The van der Waals surface area contributed by atoms with Crippen LogP contribution in [0.1, 0.15) is 6.42 Å². The van der Waals surface area contributed by atoms with Crippen LogP contribution in [0.2, 0.25) is 0 Å². The van der Waals surface area contributed by atoms with Crippen molar-refractivity contribution in [2.75, 3.05) is 13.2 Å². The molecule has 1 saturated heterocycles. The third-order valence-electron chi connectivity index (χ3n) is 1.73. The van der Waals surface area contributed by atoms with Gasteiger partial charge >= 0.3 is 0 Å². The first-order chi connectivity index (χ1) is 6.22. The van der Waals surface area contributed by atoms with Crippen molar-refractivity contribution < 1.29 is 14.6 Å². The lowest BCUT2D eigenvalue weighted by Crippen LogP contribution is -2.49. The first kappa shape index (κ1) is 9.63. The molecule has 7 heteroatoms. The number of carbonyl (C=O) groups is 1. The van der Waals surface area contributed by atoms with Gasteiger partial charge in [-0.3, -0.25) is 0 Å². The molecule has 2 N–H and O–H groups in total. The smallest absolute Gasteiger partial charge is 0.214 e. The standard InChI is InChI=1S/C6H10N4O3/c7-10-9-5-1-4(2-13-3-5)8-6(11)12/h4-5,7-8H,1-3H2. The van der Waals surface area contributed by atoms with Crippen molar-refractivity contribution in [1.82, 2.24) is 10.2 Å². The normalized spacial score (nSPS) is 27.4. The van der Waals surface area contributed by atoms with Gasteiger partial charge in [-0.1, -0.05) is 0 Å². The SMILES string of the molecule is N=[N+]=NC1COCC(NC(=O)[O-])C1. The number of nitrogens with one attached hydrogen (secondary N) is 2. The summed E-state index contributed by atoms with van der Waals surface area (Å²) in [5, 5.41) is 15.9. The van der Waals surface area contributed by atoms with E-state index in [4.69, 9.17) is 10.3 Å². The lowest BCUT2D eigenvalue weighted by atomic mass is 10.1. The number of carbonyl (C=O) groups excluding carboxylic acids is 1. The van der Waals surface area contributed by atoms with Crippen LogP contribution >= 0.6 is 0 Å². The highest BCUT2D eigenvalue weighted by Gasteiger charge is 2.25. The summed E-state index contributed by atoms with van der Waals surface area (Å²) in [6.07, 6.45) is -0.826. The molecule has 0 bridgehead atoms. The predicted molar refractivity (Wildman–Crippen MR) is 38.8 cm³/mol.